The molecule has 0 bridgehead atoms. The van der Waals surface area contributed by atoms with E-state index in [4.69, 9.17) is 4.74 Å². The van der Waals surface area contributed by atoms with Crippen LogP contribution in [-0.2, 0) is 19.0 Å². The normalized spacial score (nSPS) is 9.47. The van der Waals surface area contributed by atoms with Gasteiger partial charge in [-0.2, -0.15) is 0 Å². The van der Waals surface area contributed by atoms with Gasteiger partial charge in [0.2, 0.25) is 0 Å². The summed E-state index contributed by atoms with van der Waals surface area (Å²) < 4.78 is 14.1. The summed E-state index contributed by atoms with van der Waals surface area (Å²) in [7, 11) is 0. The van der Waals surface area contributed by atoms with Gasteiger partial charge in [-0.1, -0.05) is 13.8 Å². The highest BCUT2D eigenvalue weighted by Crippen LogP contribution is 1.93. The van der Waals surface area contributed by atoms with Gasteiger partial charge in [-0.15, -0.1) is 0 Å². The molecular formula is C10H18O5. The van der Waals surface area contributed by atoms with E-state index < -0.39 is 6.16 Å². The molecule has 0 fully saturated rings. The number of ether oxygens (including phenoxy) is 3. The van der Waals surface area contributed by atoms with Gasteiger partial charge in [-0.25, -0.2) is 4.79 Å². The summed E-state index contributed by atoms with van der Waals surface area (Å²) in [5, 5.41) is 0. The molecule has 5 nitrogen and oxygen atoms in total. The maximum atomic E-state index is 10.9. The molecular weight excluding hydrogens is 200 g/mol. The van der Waals surface area contributed by atoms with Crippen molar-refractivity contribution in [2.24, 2.45) is 0 Å². The summed E-state index contributed by atoms with van der Waals surface area (Å²) in [5.74, 6) is -0.361. The summed E-state index contributed by atoms with van der Waals surface area (Å²) in [6.07, 6.45) is 0.861. The van der Waals surface area contributed by atoms with Crippen molar-refractivity contribution in [2.45, 2.75) is 33.1 Å². The first-order chi connectivity index (χ1) is 7.20. The van der Waals surface area contributed by atoms with Crippen LogP contribution in [0.3, 0.4) is 0 Å². The maximum Gasteiger partial charge on any atom is 0.508 e. The van der Waals surface area contributed by atoms with Crippen molar-refractivity contribution in [1.29, 1.82) is 0 Å². The van der Waals surface area contributed by atoms with Gasteiger partial charge in [0.25, 0.3) is 0 Å². The second-order valence-corrected chi connectivity index (χ2v) is 2.92. The lowest BCUT2D eigenvalue weighted by Crippen LogP contribution is -2.13. The minimum absolute atomic E-state index is 0.00505. The number of hydrogen-bond acceptors (Lipinski definition) is 5. The summed E-state index contributed by atoms with van der Waals surface area (Å²) >= 11 is 0. The molecule has 0 aliphatic rings. The highest BCUT2D eigenvalue weighted by molar-refractivity contribution is 5.70. The molecule has 0 saturated heterocycles. The lowest BCUT2D eigenvalue weighted by atomic mass is 10.4. The van der Waals surface area contributed by atoms with Gasteiger partial charge in [0.05, 0.1) is 19.6 Å². The largest absolute Gasteiger partial charge is 0.508 e. The van der Waals surface area contributed by atoms with E-state index in [0.717, 1.165) is 12.8 Å². The molecule has 0 aromatic heterocycles. The molecule has 0 radical (unpaired) electrons. The van der Waals surface area contributed by atoms with Crippen LogP contribution in [0.4, 0.5) is 4.79 Å². The van der Waals surface area contributed by atoms with Crippen LogP contribution in [0.15, 0.2) is 0 Å². The molecule has 0 aliphatic carbocycles. The number of carbonyl (C=O) groups excluding carboxylic acids is 2. The minimum Gasteiger partial charge on any atom is -0.466 e. The zero-order valence-corrected chi connectivity index (χ0v) is 9.28. The van der Waals surface area contributed by atoms with Gasteiger partial charge in [0.1, 0.15) is 6.61 Å². The molecule has 0 unspecified atom stereocenters. The van der Waals surface area contributed by atoms with Crippen LogP contribution in [0, 0.1) is 0 Å². The molecule has 0 aromatic rings. The predicted octanol–water partition coefficient (Wildman–Crippen LogP) is 1.89. The van der Waals surface area contributed by atoms with Gasteiger partial charge in [0.15, 0.2) is 0 Å². The van der Waals surface area contributed by atoms with Crippen LogP contribution in [0.2, 0.25) is 0 Å². The lowest BCUT2D eigenvalue weighted by molar-refractivity contribution is -0.144. The first-order valence-corrected chi connectivity index (χ1v) is 5.15. The second-order valence-electron chi connectivity index (χ2n) is 2.92. The van der Waals surface area contributed by atoms with E-state index in [-0.39, 0.29) is 19.0 Å². The van der Waals surface area contributed by atoms with Gasteiger partial charge in [-0.05, 0) is 12.8 Å². The fourth-order valence-electron chi connectivity index (χ4n) is 0.733. The van der Waals surface area contributed by atoms with Crippen molar-refractivity contribution in [2.75, 3.05) is 19.8 Å². The molecule has 0 amide bonds. The Hall–Kier alpha value is -1.26. The Morgan fingerprint density at radius 1 is 0.867 bits per heavy atom. The van der Waals surface area contributed by atoms with Crippen molar-refractivity contribution < 1.29 is 23.8 Å². The predicted molar refractivity (Wildman–Crippen MR) is 53.5 cm³/mol. The minimum atomic E-state index is -0.736. The standard InChI is InChI=1S/C10H18O5/c1-3-6-13-9(11)5-8-15-10(12)14-7-4-2/h3-8H2,1-2H3. The highest BCUT2D eigenvalue weighted by atomic mass is 16.7. The van der Waals surface area contributed by atoms with Gasteiger partial charge in [-0.3, -0.25) is 4.79 Å². The summed E-state index contributed by atoms with van der Waals surface area (Å²) in [4.78, 5) is 21.7. The Labute approximate surface area is 89.7 Å². The summed E-state index contributed by atoms with van der Waals surface area (Å²) in [6.45, 7) is 4.53. The van der Waals surface area contributed by atoms with Crippen molar-refractivity contribution in [3.8, 4) is 0 Å². The molecule has 0 N–H and O–H groups in total. The van der Waals surface area contributed by atoms with Crippen LogP contribution < -0.4 is 0 Å². The van der Waals surface area contributed by atoms with Crippen molar-refractivity contribution in [3.63, 3.8) is 0 Å². The Bertz CT molecular complexity index is 170. The Morgan fingerprint density at radius 3 is 2.00 bits per heavy atom. The molecule has 15 heavy (non-hydrogen) atoms. The zero-order chi connectivity index (χ0) is 11.5. The molecule has 88 valence electrons. The third-order valence-corrected chi connectivity index (χ3v) is 1.42. The SMILES string of the molecule is CCCOC(=O)CCOC(=O)OCCC. The molecule has 0 heterocycles. The van der Waals surface area contributed by atoms with Crippen LogP contribution >= 0.6 is 0 Å². The first-order valence-electron chi connectivity index (χ1n) is 5.15. The first kappa shape index (κ1) is 13.7. The molecule has 0 aliphatic heterocycles. The average Bonchev–Trinajstić information content (AvgIpc) is 2.23. The smallest absolute Gasteiger partial charge is 0.466 e. The van der Waals surface area contributed by atoms with E-state index >= 15 is 0 Å². The van der Waals surface area contributed by atoms with E-state index in [1.165, 1.54) is 0 Å². The van der Waals surface area contributed by atoms with E-state index in [2.05, 4.69) is 9.47 Å². The molecule has 0 aromatic carbocycles. The lowest BCUT2D eigenvalue weighted by Gasteiger charge is -2.05. The second kappa shape index (κ2) is 9.30. The van der Waals surface area contributed by atoms with Crippen LogP contribution in [0.25, 0.3) is 0 Å². The molecule has 0 rings (SSSR count). The molecule has 0 spiro atoms. The number of esters is 1. The molecule has 0 saturated carbocycles. The van der Waals surface area contributed by atoms with E-state index in [9.17, 15) is 9.59 Å². The third-order valence-electron chi connectivity index (χ3n) is 1.42. The summed E-state index contributed by atoms with van der Waals surface area (Å²) in [5.41, 5.74) is 0. The molecule has 0 atom stereocenters. The molecule has 5 heteroatoms. The van der Waals surface area contributed by atoms with Crippen molar-refractivity contribution >= 4 is 12.1 Å². The van der Waals surface area contributed by atoms with Gasteiger partial charge in [0, 0.05) is 0 Å². The Morgan fingerprint density at radius 2 is 1.40 bits per heavy atom. The van der Waals surface area contributed by atoms with Crippen LogP contribution in [-0.4, -0.2) is 31.9 Å². The Balaban J connectivity index is 3.36. The summed E-state index contributed by atoms with van der Waals surface area (Å²) in [6, 6.07) is 0. The van der Waals surface area contributed by atoms with Crippen molar-refractivity contribution in [3.05, 3.63) is 0 Å². The number of rotatable bonds is 7. The van der Waals surface area contributed by atoms with Crippen LogP contribution in [0.1, 0.15) is 33.1 Å². The van der Waals surface area contributed by atoms with E-state index in [1.807, 2.05) is 13.8 Å². The zero-order valence-electron chi connectivity index (χ0n) is 9.28. The Kier molecular flexibility index (Phi) is 8.52. The van der Waals surface area contributed by atoms with Gasteiger partial charge < -0.3 is 14.2 Å². The number of carbonyl (C=O) groups is 2. The topological polar surface area (TPSA) is 61.8 Å². The van der Waals surface area contributed by atoms with Crippen molar-refractivity contribution in [1.82, 2.24) is 0 Å². The fraction of sp³-hybridized carbons (Fsp3) is 0.800. The number of hydrogen-bond donors (Lipinski definition) is 0. The van der Waals surface area contributed by atoms with E-state index in [1.54, 1.807) is 0 Å². The quantitative estimate of drug-likeness (QED) is 0.610. The highest BCUT2D eigenvalue weighted by Gasteiger charge is 2.06. The third kappa shape index (κ3) is 9.05. The monoisotopic (exact) mass is 218 g/mol. The van der Waals surface area contributed by atoms with Crippen LogP contribution in [0.5, 0.6) is 0 Å². The van der Waals surface area contributed by atoms with E-state index in [0.29, 0.717) is 13.2 Å². The maximum absolute atomic E-state index is 10.9. The van der Waals surface area contributed by atoms with Gasteiger partial charge >= 0.3 is 12.1 Å². The fourth-order valence-corrected chi connectivity index (χ4v) is 0.733. The average molecular weight is 218 g/mol.